The quantitative estimate of drug-likeness (QED) is 0.865. The fourth-order valence-electron chi connectivity index (χ4n) is 2.05. The van der Waals surface area contributed by atoms with Gasteiger partial charge in [0.2, 0.25) is 0 Å². The Balaban J connectivity index is 2.00. The van der Waals surface area contributed by atoms with E-state index in [4.69, 9.17) is 4.42 Å². The van der Waals surface area contributed by atoms with E-state index >= 15 is 0 Å². The van der Waals surface area contributed by atoms with E-state index in [0.29, 0.717) is 6.04 Å². The Labute approximate surface area is 121 Å². The molecule has 0 radical (unpaired) electrons. The lowest BCUT2D eigenvalue weighted by atomic mass is 10.1. The van der Waals surface area contributed by atoms with Crippen LogP contribution in [0.25, 0.3) is 0 Å². The van der Waals surface area contributed by atoms with Gasteiger partial charge >= 0.3 is 0 Å². The summed E-state index contributed by atoms with van der Waals surface area (Å²) in [6.45, 7) is 9.20. The molecule has 0 aliphatic rings. The predicted octanol–water partition coefficient (Wildman–Crippen LogP) is 4.88. The van der Waals surface area contributed by atoms with Crippen LogP contribution in [0.3, 0.4) is 0 Å². The Hall–Kier alpha value is -0.580. The molecular formula is C14H18BrNOS. The summed E-state index contributed by atoms with van der Waals surface area (Å²) in [6, 6.07) is 4.61. The van der Waals surface area contributed by atoms with Crippen LogP contribution in [0.2, 0.25) is 0 Å². The number of rotatable bonds is 4. The maximum absolute atomic E-state index is 5.57. The molecule has 2 aromatic heterocycles. The lowest BCUT2D eigenvalue weighted by molar-refractivity contribution is 0.490. The molecule has 1 N–H and O–H groups in total. The zero-order valence-electron chi connectivity index (χ0n) is 11.1. The van der Waals surface area contributed by atoms with Gasteiger partial charge in [-0.1, -0.05) is 0 Å². The van der Waals surface area contributed by atoms with Crippen LogP contribution < -0.4 is 5.32 Å². The summed E-state index contributed by atoms with van der Waals surface area (Å²) in [5, 5.41) is 3.54. The maximum atomic E-state index is 5.57. The first-order valence-corrected chi connectivity index (χ1v) is 7.63. The fraction of sp³-hybridized carbons (Fsp3) is 0.429. The number of furan rings is 1. The smallest absolute Gasteiger partial charge is 0.105 e. The molecule has 4 heteroatoms. The first-order chi connectivity index (χ1) is 8.47. The number of hydrogen-bond donors (Lipinski definition) is 1. The molecular weight excluding hydrogens is 310 g/mol. The number of aryl methyl sites for hydroxylation is 3. The molecule has 0 amide bonds. The average Bonchev–Trinajstić information content (AvgIpc) is 2.79. The molecule has 2 heterocycles. The van der Waals surface area contributed by atoms with Gasteiger partial charge in [0, 0.05) is 32.4 Å². The van der Waals surface area contributed by atoms with Gasteiger partial charge in [0.05, 0.1) is 0 Å². The number of halogens is 1. The molecule has 2 rings (SSSR count). The third kappa shape index (κ3) is 3.05. The van der Waals surface area contributed by atoms with E-state index in [1.807, 2.05) is 25.2 Å². The highest BCUT2D eigenvalue weighted by Gasteiger charge is 2.12. The molecule has 1 unspecified atom stereocenters. The summed E-state index contributed by atoms with van der Waals surface area (Å²) in [5.41, 5.74) is 1.25. The minimum absolute atomic E-state index is 0.309. The Morgan fingerprint density at radius 1 is 1.33 bits per heavy atom. The van der Waals surface area contributed by atoms with E-state index in [2.05, 4.69) is 47.2 Å². The molecule has 0 aliphatic heterocycles. The van der Waals surface area contributed by atoms with E-state index in [1.165, 1.54) is 19.8 Å². The summed E-state index contributed by atoms with van der Waals surface area (Å²) >= 11 is 5.38. The molecule has 0 saturated carbocycles. The van der Waals surface area contributed by atoms with Crippen molar-refractivity contribution in [3.63, 3.8) is 0 Å². The summed E-state index contributed by atoms with van der Waals surface area (Å²) in [4.78, 5) is 2.68. The van der Waals surface area contributed by atoms with Crippen LogP contribution in [0.15, 0.2) is 21.0 Å². The van der Waals surface area contributed by atoms with E-state index in [1.54, 1.807) is 0 Å². The molecule has 0 aromatic carbocycles. The van der Waals surface area contributed by atoms with Crippen molar-refractivity contribution < 1.29 is 4.42 Å². The highest BCUT2D eigenvalue weighted by molar-refractivity contribution is 9.10. The van der Waals surface area contributed by atoms with Gasteiger partial charge in [-0.05, 0) is 55.8 Å². The van der Waals surface area contributed by atoms with Crippen molar-refractivity contribution in [2.45, 2.75) is 40.3 Å². The van der Waals surface area contributed by atoms with Crippen LogP contribution in [-0.4, -0.2) is 0 Å². The van der Waals surface area contributed by atoms with Gasteiger partial charge in [-0.3, -0.25) is 0 Å². The van der Waals surface area contributed by atoms with Crippen LogP contribution in [0, 0.1) is 20.8 Å². The molecule has 2 aromatic rings. The Bertz CT molecular complexity index is 524. The fourth-order valence-corrected chi connectivity index (χ4v) is 3.60. The van der Waals surface area contributed by atoms with Crippen molar-refractivity contribution in [3.05, 3.63) is 43.4 Å². The van der Waals surface area contributed by atoms with Gasteiger partial charge in [0.15, 0.2) is 0 Å². The van der Waals surface area contributed by atoms with Crippen molar-refractivity contribution in [2.75, 3.05) is 0 Å². The molecule has 18 heavy (non-hydrogen) atoms. The van der Waals surface area contributed by atoms with E-state index in [-0.39, 0.29) is 0 Å². The van der Waals surface area contributed by atoms with Gasteiger partial charge < -0.3 is 9.73 Å². The number of thiophene rings is 1. The van der Waals surface area contributed by atoms with Crippen molar-refractivity contribution >= 4 is 27.3 Å². The topological polar surface area (TPSA) is 25.2 Å². The summed E-state index contributed by atoms with van der Waals surface area (Å²) < 4.78 is 6.77. The Morgan fingerprint density at radius 2 is 2.06 bits per heavy atom. The Morgan fingerprint density at radius 3 is 2.56 bits per heavy atom. The van der Waals surface area contributed by atoms with Crippen molar-refractivity contribution in [3.8, 4) is 0 Å². The zero-order valence-corrected chi connectivity index (χ0v) is 13.5. The van der Waals surface area contributed by atoms with Gasteiger partial charge in [0.1, 0.15) is 11.5 Å². The summed E-state index contributed by atoms with van der Waals surface area (Å²) in [7, 11) is 0. The summed E-state index contributed by atoms with van der Waals surface area (Å²) in [6.07, 6.45) is 0. The molecule has 98 valence electrons. The largest absolute Gasteiger partial charge is 0.466 e. The van der Waals surface area contributed by atoms with Gasteiger partial charge in [-0.15, -0.1) is 11.3 Å². The predicted molar refractivity (Wildman–Crippen MR) is 80.2 cm³/mol. The van der Waals surface area contributed by atoms with Crippen LogP contribution in [0.5, 0.6) is 0 Å². The number of nitrogens with one attached hydrogen (secondary N) is 1. The third-order valence-electron chi connectivity index (χ3n) is 3.04. The van der Waals surface area contributed by atoms with E-state index < -0.39 is 0 Å². The SMILES string of the molecule is Cc1cc(C(C)NCc2cc(Br)c(C)s2)c(C)o1. The molecule has 2 nitrogen and oxygen atoms in total. The molecule has 0 aliphatic carbocycles. The molecule has 0 fully saturated rings. The second-order valence-electron chi connectivity index (χ2n) is 4.59. The highest BCUT2D eigenvalue weighted by Crippen LogP contribution is 2.27. The van der Waals surface area contributed by atoms with E-state index in [0.717, 1.165) is 18.1 Å². The molecule has 0 saturated heterocycles. The average molecular weight is 328 g/mol. The summed E-state index contributed by atoms with van der Waals surface area (Å²) in [5.74, 6) is 1.99. The number of hydrogen-bond acceptors (Lipinski definition) is 3. The lowest BCUT2D eigenvalue weighted by Gasteiger charge is -2.12. The highest BCUT2D eigenvalue weighted by atomic mass is 79.9. The van der Waals surface area contributed by atoms with Crippen LogP contribution >= 0.6 is 27.3 Å². The van der Waals surface area contributed by atoms with Gasteiger partial charge in [-0.25, -0.2) is 0 Å². The minimum atomic E-state index is 0.309. The normalized spacial score (nSPS) is 12.9. The first kappa shape index (κ1) is 13.8. The van der Waals surface area contributed by atoms with Crippen LogP contribution in [0.1, 0.15) is 39.8 Å². The van der Waals surface area contributed by atoms with Crippen molar-refractivity contribution in [1.29, 1.82) is 0 Å². The maximum Gasteiger partial charge on any atom is 0.105 e. The third-order valence-corrected chi connectivity index (χ3v) is 5.17. The Kier molecular flexibility index (Phi) is 4.30. The first-order valence-electron chi connectivity index (χ1n) is 6.02. The van der Waals surface area contributed by atoms with Crippen molar-refractivity contribution in [1.82, 2.24) is 5.32 Å². The second kappa shape index (κ2) is 5.59. The van der Waals surface area contributed by atoms with E-state index in [9.17, 15) is 0 Å². The van der Waals surface area contributed by atoms with Crippen LogP contribution in [-0.2, 0) is 6.54 Å². The van der Waals surface area contributed by atoms with Gasteiger partial charge in [-0.2, -0.15) is 0 Å². The molecule has 1 atom stereocenters. The van der Waals surface area contributed by atoms with Crippen LogP contribution in [0.4, 0.5) is 0 Å². The molecule has 0 spiro atoms. The lowest BCUT2D eigenvalue weighted by Crippen LogP contribution is -2.17. The van der Waals surface area contributed by atoms with Crippen molar-refractivity contribution in [2.24, 2.45) is 0 Å². The standard InChI is InChI=1S/C14H18BrNOS/c1-8-5-13(10(3)17-8)9(2)16-7-12-6-14(15)11(4)18-12/h5-6,9,16H,7H2,1-4H3. The zero-order chi connectivity index (χ0) is 13.3. The molecule has 0 bridgehead atoms. The van der Waals surface area contributed by atoms with Gasteiger partial charge in [0.25, 0.3) is 0 Å². The second-order valence-corrected chi connectivity index (χ2v) is 6.78. The monoisotopic (exact) mass is 327 g/mol. The minimum Gasteiger partial charge on any atom is -0.466 e.